The second kappa shape index (κ2) is 5.51. The Balaban J connectivity index is 1.71. The van der Waals surface area contributed by atoms with E-state index in [4.69, 9.17) is 0 Å². The summed E-state index contributed by atoms with van der Waals surface area (Å²) >= 11 is 1.71. The zero-order valence-electron chi connectivity index (χ0n) is 12.0. The van der Waals surface area contributed by atoms with E-state index >= 15 is 0 Å². The lowest BCUT2D eigenvalue weighted by molar-refractivity contribution is 0.0921. The van der Waals surface area contributed by atoms with Gasteiger partial charge in [-0.3, -0.25) is 9.69 Å². The van der Waals surface area contributed by atoms with Crippen LogP contribution in [0.25, 0.3) is 0 Å². The second-order valence-corrected chi connectivity index (χ2v) is 6.94. The van der Waals surface area contributed by atoms with E-state index in [2.05, 4.69) is 36.1 Å². The quantitative estimate of drug-likeness (QED) is 0.803. The number of benzene rings is 1. The summed E-state index contributed by atoms with van der Waals surface area (Å²) in [6, 6.07) is 10.6. The molecule has 1 aliphatic rings. The van der Waals surface area contributed by atoms with Crippen LogP contribution in [0.4, 0.5) is 0 Å². The summed E-state index contributed by atoms with van der Waals surface area (Å²) in [6.07, 6.45) is 1.05. The van der Waals surface area contributed by atoms with Gasteiger partial charge in [-0.25, -0.2) is 0 Å². The minimum Gasteiger partial charge on any atom is -0.293 e. The van der Waals surface area contributed by atoms with Crippen molar-refractivity contribution in [3.8, 4) is 0 Å². The molecule has 0 fully saturated rings. The highest BCUT2D eigenvalue weighted by Crippen LogP contribution is 2.23. The number of hydrogen-bond donors (Lipinski definition) is 0. The van der Waals surface area contributed by atoms with E-state index in [1.165, 1.54) is 16.0 Å². The maximum absolute atomic E-state index is 12.4. The van der Waals surface area contributed by atoms with E-state index in [1.54, 1.807) is 11.3 Å². The van der Waals surface area contributed by atoms with Gasteiger partial charge in [0.25, 0.3) is 0 Å². The molecule has 0 spiro atoms. The monoisotopic (exact) mass is 285 g/mol. The third kappa shape index (κ3) is 2.69. The van der Waals surface area contributed by atoms with Gasteiger partial charge in [0.05, 0.1) is 6.54 Å². The predicted octanol–water partition coefficient (Wildman–Crippen LogP) is 3.61. The number of nitrogens with zero attached hydrogens (tertiary/aromatic N) is 1. The lowest BCUT2D eigenvalue weighted by atomic mass is 9.99. The summed E-state index contributed by atoms with van der Waals surface area (Å²) < 4.78 is 0. The Hall–Kier alpha value is -1.45. The van der Waals surface area contributed by atoms with Crippen molar-refractivity contribution in [1.82, 2.24) is 4.90 Å². The fourth-order valence-electron chi connectivity index (χ4n) is 2.89. The molecular formula is C17H19NOS. The Bertz CT molecular complexity index is 644. The van der Waals surface area contributed by atoms with Crippen LogP contribution in [0.3, 0.4) is 0 Å². The van der Waals surface area contributed by atoms with E-state index in [0.717, 1.165) is 30.0 Å². The normalized spacial score (nSPS) is 15.1. The average Bonchev–Trinajstić information content (AvgIpc) is 2.78. The van der Waals surface area contributed by atoms with Crippen LogP contribution < -0.4 is 0 Å². The Morgan fingerprint density at radius 2 is 2.00 bits per heavy atom. The van der Waals surface area contributed by atoms with Crippen LogP contribution in [0.5, 0.6) is 0 Å². The molecule has 20 heavy (non-hydrogen) atoms. The Kier molecular flexibility index (Phi) is 3.72. The van der Waals surface area contributed by atoms with Crippen molar-refractivity contribution < 1.29 is 4.79 Å². The van der Waals surface area contributed by atoms with Crippen LogP contribution in [-0.2, 0) is 13.0 Å². The number of thiophene rings is 1. The second-order valence-electron chi connectivity index (χ2n) is 5.48. The Labute approximate surface area is 124 Å². The van der Waals surface area contributed by atoms with Crippen molar-refractivity contribution >= 4 is 17.1 Å². The van der Waals surface area contributed by atoms with Gasteiger partial charge in [-0.1, -0.05) is 24.3 Å². The largest absolute Gasteiger partial charge is 0.293 e. The van der Waals surface area contributed by atoms with Gasteiger partial charge in [0, 0.05) is 28.4 Å². The fourth-order valence-corrected chi connectivity index (χ4v) is 3.83. The minimum absolute atomic E-state index is 0.256. The summed E-state index contributed by atoms with van der Waals surface area (Å²) in [5.74, 6) is 0.256. The van der Waals surface area contributed by atoms with Crippen molar-refractivity contribution in [2.75, 3.05) is 13.1 Å². The highest BCUT2D eigenvalue weighted by Gasteiger charge is 2.20. The number of ketones is 1. The number of fused-ring (bicyclic) bond motifs is 1. The van der Waals surface area contributed by atoms with Gasteiger partial charge in [-0.05, 0) is 37.5 Å². The summed E-state index contributed by atoms with van der Waals surface area (Å²) in [6.45, 7) is 6.50. The molecule has 0 radical (unpaired) electrons. The van der Waals surface area contributed by atoms with Crippen molar-refractivity contribution in [3.63, 3.8) is 0 Å². The molecule has 0 saturated heterocycles. The van der Waals surface area contributed by atoms with Gasteiger partial charge in [-0.15, -0.1) is 11.3 Å². The van der Waals surface area contributed by atoms with Crippen LogP contribution in [0.2, 0.25) is 0 Å². The van der Waals surface area contributed by atoms with E-state index in [0.29, 0.717) is 6.54 Å². The van der Waals surface area contributed by atoms with E-state index in [9.17, 15) is 4.79 Å². The third-order valence-corrected chi connectivity index (χ3v) is 4.88. The third-order valence-electron chi connectivity index (χ3n) is 3.92. The molecule has 3 rings (SSSR count). The summed E-state index contributed by atoms with van der Waals surface area (Å²) in [4.78, 5) is 17.0. The van der Waals surface area contributed by atoms with E-state index in [-0.39, 0.29) is 5.78 Å². The first-order valence-electron chi connectivity index (χ1n) is 7.03. The number of Topliss-reactive ketones (excluding diaryl/α,β-unsaturated/α-hetero) is 1. The lowest BCUT2D eigenvalue weighted by Crippen LogP contribution is -2.34. The molecule has 2 heterocycles. The first kappa shape index (κ1) is 13.5. The number of carbonyl (C=O) groups excluding carboxylic acids is 1. The standard InChI is InChI=1S/C17H19NOS/c1-12-9-16(13(2)20-12)17(19)11-18-8-7-14-5-3-4-6-15(14)10-18/h3-6,9H,7-8,10-11H2,1-2H3. The summed E-state index contributed by atoms with van der Waals surface area (Å²) in [7, 11) is 0. The molecule has 1 aromatic heterocycles. The maximum Gasteiger partial charge on any atom is 0.177 e. The molecule has 0 saturated carbocycles. The molecule has 0 N–H and O–H groups in total. The van der Waals surface area contributed by atoms with Crippen molar-refractivity contribution in [2.45, 2.75) is 26.8 Å². The summed E-state index contributed by atoms with van der Waals surface area (Å²) in [5, 5.41) is 0. The first-order chi connectivity index (χ1) is 9.63. The molecule has 2 aromatic rings. The maximum atomic E-state index is 12.4. The molecule has 1 aromatic carbocycles. The van der Waals surface area contributed by atoms with E-state index < -0.39 is 0 Å². The topological polar surface area (TPSA) is 20.3 Å². The molecular weight excluding hydrogens is 266 g/mol. The smallest absolute Gasteiger partial charge is 0.177 e. The van der Waals surface area contributed by atoms with Crippen LogP contribution in [-0.4, -0.2) is 23.8 Å². The van der Waals surface area contributed by atoms with Gasteiger partial charge in [0.1, 0.15) is 0 Å². The minimum atomic E-state index is 0.256. The molecule has 104 valence electrons. The lowest BCUT2D eigenvalue weighted by Gasteiger charge is -2.28. The van der Waals surface area contributed by atoms with Crippen LogP contribution >= 0.6 is 11.3 Å². The van der Waals surface area contributed by atoms with Gasteiger partial charge < -0.3 is 0 Å². The number of aryl methyl sites for hydroxylation is 2. The number of rotatable bonds is 3. The van der Waals surface area contributed by atoms with Crippen LogP contribution in [0.1, 0.15) is 31.2 Å². The SMILES string of the molecule is Cc1cc(C(=O)CN2CCc3ccccc3C2)c(C)s1. The molecule has 0 aliphatic carbocycles. The zero-order valence-corrected chi connectivity index (χ0v) is 12.8. The molecule has 0 amide bonds. The number of carbonyl (C=O) groups is 1. The molecule has 0 atom stereocenters. The zero-order chi connectivity index (χ0) is 14.1. The Morgan fingerprint density at radius 1 is 1.25 bits per heavy atom. The van der Waals surface area contributed by atoms with Crippen molar-refractivity contribution in [2.24, 2.45) is 0 Å². The predicted molar refractivity (Wildman–Crippen MR) is 83.5 cm³/mol. The van der Waals surface area contributed by atoms with Gasteiger partial charge in [0.15, 0.2) is 5.78 Å². The van der Waals surface area contributed by atoms with Crippen LogP contribution in [0, 0.1) is 13.8 Å². The first-order valence-corrected chi connectivity index (χ1v) is 7.84. The Morgan fingerprint density at radius 3 is 2.70 bits per heavy atom. The highest BCUT2D eigenvalue weighted by atomic mass is 32.1. The number of hydrogen-bond acceptors (Lipinski definition) is 3. The molecule has 2 nitrogen and oxygen atoms in total. The molecule has 3 heteroatoms. The van der Waals surface area contributed by atoms with Crippen molar-refractivity contribution in [3.05, 3.63) is 56.8 Å². The molecule has 1 aliphatic heterocycles. The fraction of sp³-hybridized carbons (Fsp3) is 0.353. The van der Waals surface area contributed by atoms with Gasteiger partial charge in [0.2, 0.25) is 0 Å². The van der Waals surface area contributed by atoms with Gasteiger partial charge in [-0.2, -0.15) is 0 Å². The van der Waals surface area contributed by atoms with Gasteiger partial charge >= 0.3 is 0 Å². The van der Waals surface area contributed by atoms with E-state index in [1.807, 2.05) is 13.0 Å². The van der Waals surface area contributed by atoms with Crippen LogP contribution in [0.15, 0.2) is 30.3 Å². The molecule has 0 bridgehead atoms. The highest BCUT2D eigenvalue weighted by molar-refractivity contribution is 7.12. The summed E-state index contributed by atoms with van der Waals surface area (Å²) in [5.41, 5.74) is 3.70. The van der Waals surface area contributed by atoms with Crippen molar-refractivity contribution in [1.29, 1.82) is 0 Å². The molecule has 0 unspecified atom stereocenters. The average molecular weight is 285 g/mol.